The molecule has 0 aromatic carbocycles. The number of aliphatic hydroxyl groups is 1. The Hall–Kier alpha value is -0.120. The van der Waals surface area contributed by atoms with E-state index in [1.165, 1.54) is 25.7 Å². The molecule has 3 heteroatoms. The van der Waals surface area contributed by atoms with Crippen molar-refractivity contribution in [2.75, 3.05) is 26.2 Å². The smallest absolute Gasteiger partial charge is 0.0869 e. The lowest BCUT2D eigenvalue weighted by Crippen LogP contribution is -2.49. The molecule has 0 radical (unpaired) electrons. The van der Waals surface area contributed by atoms with E-state index >= 15 is 0 Å². The fourth-order valence-electron chi connectivity index (χ4n) is 1.99. The summed E-state index contributed by atoms with van der Waals surface area (Å²) in [6.07, 6.45) is 4.87. The molecule has 0 bridgehead atoms. The minimum absolute atomic E-state index is 0.427. The van der Waals surface area contributed by atoms with Crippen LogP contribution in [0.25, 0.3) is 0 Å². The lowest BCUT2D eigenvalue weighted by molar-refractivity contribution is 0.0178. The molecule has 1 unspecified atom stereocenters. The van der Waals surface area contributed by atoms with Crippen molar-refractivity contribution in [2.45, 2.75) is 71.9 Å². The summed E-state index contributed by atoms with van der Waals surface area (Å²) < 4.78 is 0. The molecule has 0 aliphatic heterocycles. The third-order valence-corrected chi connectivity index (χ3v) is 3.11. The van der Waals surface area contributed by atoms with E-state index in [0.29, 0.717) is 12.6 Å². The first-order chi connectivity index (χ1) is 8.41. The van der Waals surface area contributed by atoms with Gasteiger partial charge in [-0.3, -0.25) is 0 Å². The number of rotatable bonds is 11. The van der Waals surface area contributed by atoms with E-state index in [4.69, 9.17) is 0 Å². The molecule has 0 rings (SSSR count). The molecule has 0 saturated carbocycles. The lowest BCUT2D eigenvalue weighted by Gasteiger charge is -2.32. The second-order valence-electron chi connectivity index (χ2n) is 6.02. The highest BCUT2D eigenvalue weighted by Crippen LogP contribution is 2.08. The van der Waals surface area contributed by atoms with Crippen LogP contribution in [0, 0.1) is 0 Å². The molecule has 0 aliphatic rings. The maximum Gasteiger partial charge on any atom is 0.0869 e. The van der Waals surface area contributed by atoms with E-state index in [1.807, 2.05) is 6.92 Å². The molecule has 0 heterocycles. The molecule has 0 amide bonds. The van der Waals surface area contributed by atoms with Crippen molar-refractivity contribution < 1.29 is 5.11 Å². The molecular weight excluding hydrogens is 224 g/mol. The van der Waals surface area contributed by atoms with Crippen LogP contribution in [0.2, 0.25) is 0 Å². The van der Waals surface area contributed by atoms with Gasteiger partial charge < -0.3 is 15.3 Å². The van der Waals surface area contributed by atoms with Crippen LogP contribution in [0.1, 0.15) is 60.3 Å². The summed E-state index contributed by atoms with van der Waals surface area (Å²) in [7, 11) is 0. The Morgan fingerprint density at radius 2 is 1.61 bits per heavy atom. The summed E-state index contributed by atoms with van der Waals surface area (Å²) in [5.74, 6) is 0. The zero-order valence-corrected chi connectivity index (χ0v) is 13.1. The van der Waals surface area contributed by atoms with E-state index < -0.39 is 5.60 Å². The molecule has 0 aromatic rings. The highest BCUT2D eigenvalue weighted by Gasteiger charge is 2.23. The average molecular weight is 258 g/mol. The maximum atomic E-state index is 10.4. The van der Waals surface area contributed by atoms with Crippen LogP contribution in [0.5, 0.6) is 0 Å². The Labute approximate surface area is 114 Å². The van der Waals surface area contributed by atoms with Gasteiger partial charge in [0.05, 0.1) is 5.60 Å². The number of unbranched alkanes of at least 4 members (excludes halogenated alkanes) is 2. The zero-order chi connectivity index (χ0) is 14.0. The summed E-state index contributed by atoms with van der Waals surface area (Å²) in [5.41, 5.74) is -0.633. The molecule has 18 heavy (non-hydrogen) atoms. The van der Waals surface area contributed by atoms with Crippen molar-refractivity contribution in [3.63, 3.8) is 0 Å². The molecule has 0 aromatic heterocycles. The van der Waals surface area contributed by atoms with Crippen LogP contribution in [-0.2, 0) is 0 Å². The Morgan fingerprint density at radius 3 is 2.00 bits per heavy atom. The predicted octanol–water partition coefficient (Wildman–Crippen LogP) is 2.64. The van der Waals surface area contributed by atoms with Gasteiger partial charge in [-0.05, 0) is 32.9 Å². The molecule has 0 saturated heterocycles. The molecule has 3 nitrogen and oxygen atoms in total. The van der Waals surface area contributed by atoms with Crippen molar-refractivity contribution in [1.82, 2.24) is 10.2 Å². The van der Waals surface area contributed by atoms with E-state index in [0.717, 1.165) is 19.6 Å². The van der Waals surface area contributed by atoms with Crippen LogP contribution >= 0.6 is 0 Å². The SMILES string of the molecule is CCCCN(CCCC)CC(C)(O)CNC(C)C. The number of hydrogen-bond acceptors (Lipinski definition) is 3. The zero-order valence-electron chi connectivity index (χ0n) is 13.1. The van der Waals surface area contributed by atoms with Crippen LogP contribution in [0.4, 0.5) is 0 Å². The number of nitrogens with one attached hydrogen (secondary N) is 1. The van der Waals surface area contributed by atoms with Crippen molar-refractivity contribution in [3.05, 3.63) is 0 Å². The van der Waals surface area contributed by atoms with Gasteiger partial charge in [0.2, 0.25) is 0 Å². The van der Waals surface area contributed by atoms with E-state index in [2.05, 4.69) is 37.9 Å². The topological polar surface area (TPSA) is 35.5 Å². The second-order valence-corrected chi connectivity index (χ2v) is 6.02. The number of hydrogen-bond donors (Lipinski definition) is 2. The van der Waals surface area contributed by atoms with Crippen molar-refractivity contribution in [1.29, 1.82) is 0 Å². The maximum absolute atomic E-state index is 10.4. The van der Waals surface area contributed by atoms with E-state index in [9.17, 15) is 5.11 Å². The summed E-state index contributed by atoms with van der Waals surface area (Å²) in [6.45, 7) is 14.2. The minimum Gasteiger partial charge on any atom is -0.388 e. The van der Waals surface area contributed by atoms with Gasteiger partial charge in [-0.25, -0.2) is 0 Å². The van der Waals surface area contributed by atoms with Gasteiger partial charge in [0, 0.05) is 19.1 Å². The average Bonchev–Trinajstić information content (AvgIpc) is 2.30. The molecule has 0 fully saturated rings. The molecular formula is C15H34N2O. The highest BCUT2D eigenvalue weighted by molar-refractivity contribution is 4.80. The van der Waals surface area contributed by atoms with Gasteiger partial charge in [0.1, 0.15) is 0 Å². The molecule has 0 spiro atoms. The first kappa shape index (κ1) is 17.9. The largest absolute Gasteiger partial charge is 0.388 e. The Morgan fingerprint density at radius 1 is 1.11 bits per heavy atom. The molecule has 1 atom stereocenters. The van der Waals surface area contributed by atoms with E-state index in [1.54, 1.807) is 0 Å². The summed E-state index contributed by atoms with van der Waals surface area (Å²) >= 11 is 0. The normalized spacial score (nSPS) is 15.3. The molecule has 2 N–H and O–H groups in total. The Bertz CT molecular complexity index is 185. The molecule has 110 valence electrons. The Kier molecular flexibility index (Phi) is 9.70. The minimum atomic E-state index is -0.633. The second kappa shape index (κ2) is 9.76. The quantitative estimate of drug-likeness (QED) is 0.598. The van der Waals surface area contributed by atoms with E-state index in [-0.39, 0.29) is 0 Å². The standard InChI is InChI=1S/C15H34N2O/c1-6-8-10-17(11-9-7-2)13-15(5,18)12-16-14(3)4/h14,16,18H,6-13H2,1-5H3. The van der Waals surface area contributed by atoms with Gasteiger partial charge in [-0.15, -0.1) is 0 Å². The third kappa shape index (κ3) is 9.86. The monoisotopic (exact) mass is 258 g/mol. The van der Waals surface area contributed by atoms with Gasteiger partial charge >= 0.3 is 0 Å². The Balaban J connectivity index is 4.15. The first-order valence-electron chi connectivity index (χ1n) is 7.59. The van der Waals surface area contributed by atoms with Gasteiger partial charge in [-0.2, -0.15) is 0 Å². The van der Waals surface area contributed by atoms with Crippen molar-refractivity contribution in [3.8, 4) is 0 Å². The fraction of sp³-hybridized carbons (Fsp3) is 1.00. The van der Waals surface area contributed by atoms with Gasteiger partial charge in [0.15, 0.2) is 0 Å². The van der Waals surface area contributed by atoms with Crippen molar-refractivity contribution >= 4 is 0 Å². The van der Waals surface area contributed by atoms with Gasteiger partial charge in [-0.1, -0.05) is 40.5 Å². The first-order valence-corrected chi connectivity index (χ1v) is 7.59. The lowest BCUT2D eigenvalue weighted by atomic mass is 10.1. The number of nitrogens with zero attached hydrogens (tertiary/aromatic N) is 1. The van der Waals surface area contributed by atoms with Crippen LogP contribution in [-0.4, -0.2) is 47.8 Å². The summed E-state index contributed by atoms with van der Waals surface area (Å²) in [4.78, 5) is 2.41. The fourth-order valence-corrected chi connectivity index (χ4v) is 1.99. The summed E-state index contributed by atoms with van der Waals surface area (Å²) in [6, 6.07) is 0.427. The highest BCUT2D eigenvalue weighted by atomic mass is 16.3. The van der Waals surface area contributed by atoms with Crippen LogP contribution in [0.3, 0.4) is 0 Å². The van der Waals surface area contributed by atoms with Crippen molar-refractivity contribution in [2.24, 2.45) is 0 Å². The van der Waals surface area contributed by atoms with Crippen LogP contribution < -0.4 is 5.32 Å². The predicted molar refractivity (Wildman–Crippen MR) is 80.0 cm³/mol. The molecule has 0 aliphatic carbocycles. The van der Waals surface area contributed by atoms with Gasteiger partial charge in [0.25, 0.3) is 0 Å². The van der Waals surface area contributed by atoms with Crippen LogP contribution in [0.15, 0.2) is 0 Å². The third-order valence-electron chi connectivity index (χ3n) is 3.11. The summed E-state index contributed by atoms with van der Waals surface area (Å²) in [5, 5.41) is 13.8.